The van der Waals surface area contributed by atoms with Crippen LogP contribution in [0.3, 0.4) is 0 Å². The van der Waals surface area contributed by atoms with Crippen molar-refractivity contribution in [1.29, 1.82) is 0 Å². The number of amides is 2. The summed E-state index contributed by atoms with van der Waals surface area (Å²) in [5, 5.41) is 2.75. The van der Waals surface area contributed by atoms with Crippen LogP contribution in [0, 0.1) is 5.92 Å². The van der Waals surface area contributed by atoms with Gasteiger partial charge in [0, 0.05) is 0 Å². The number of hydrogen-bond acceptors (Lipinski definition) is 4. The Labute approximate surface area is 134 Å². The van der Waals surface area contributed by atoms with Crippen LogP contribution in [0.4, 0.5) is 4.79 Å². The van der Waals surface area contributed by atoms with Crippen molar-refractivity contribution < 1.29 is 14.3 Å². The number of rotatable bonds is 6. The highest BCUT2D eigenvalue weighted by atomic mass is 16.5. The van der Waals surface area contributed by atoms with Crippen LogP contribution in [0.2, 0.25) is 0 Å². The fourth-order valence-electron chi connectivity index (χ4n) is 2.06. The average Bonchev–Trinajstić information content (AvgIpc) is 3.01. The number of nitrogens with zero attached hydrogens (tertiary/aromatic N) is 1. The maximum atomic E-state index is 12.0. The zero-order chi connectivity index (χ0) is 16.8. The van der Waals surface area contributed by atoms with E-state index in [0.717, 1.165) is 5.56 Å². The van der Waals surface area contributed by atoms with Gasteiger partial charge in [-0.05, 0) is 11.5 Å². The first-order chi connectivity index (χ1) is 11.0. The second kappa shape index (κ2) is 7.44. The van der Waals surface area contributed by atoms with Gasteiger partial charge in [-0.15, -0.1) is 0 Å². The summed E-state index contributed by atoms with van der Waals surface area (Å²) in [4.78, 5) is 30.0. The molecule has 1 heterocycles. The van der Waals surface area contributed by atoms with Crippen molar-refractivity contribution in [2.24, 2.45) is 11.7 Å². The zero-order valence-electron chi connectivity index (χ0n) is 13.1. The van der Waals surface area contributed by atoms with Gasteiger partial charge in [-0.2, -0.15) is 0 Å². The summed E-state index contributed by atoms with van der Waals surface area (Å²) < 4.78 is 5.20. The molecule has 0 aliphatic carbocycles. The normalized spacial score (nSPS) is 12.0. The van der Waals surface area contributed by atoms with Crippen LogP contribution in [0.15, 0.2) is 36.5 Å². The first-order valence-corrected chi connectivity index (χ1v) is 7.29. The summed E-state index contributed by atoms with van der Waals surface area (Å²) in [5.74, 6) is -0.0884. The zero-order valence-corrected chi connectivity index (χ0v) is 13.1. The maximum Gasteiger partial charge on any atom is 0.408 e. The van der Waals surface area contributed by atoms with Gasteiger partial charge in [-0.1, -0.05) is 44.2 Å². The number of hydrogen-bond donors (Lipinski definition) is 3. The Hall–Kier alpha value is -2.83. The lowest BCUT2D eigenvalue weighted by Gasteiger charge is -2.20. The molecule has 1 atom stereocenters. The molecule has 4 N–H and O–H groups in total. The minimum atomic E-state index is -0.599. The van der Waals surface area contributed by atoms with E-state index in [0.29, 0.717) is 5.82 Å². The van der Waals surface area contributed by atoms with Crippen LogP contribution in [0.5, 0.6) is 0 Å². The van der Waals surface area contributed by atoms with Crippen molar-refractivity contribution in [2.75, 3.05) is 0 Å². The Morgan fingerprint density at radius 1 is 1.30 bits per heavy atom. The highest BCUT2D eigenvalue weighted by molar-refractivity contribution is 5.90. The average molecular weight is 316 g/mol. The van der Waals surface area contributed by atoms with Gasteiger partial charge in [0.25, 0.3) is 5.91 Å². The van der Waals surface area contributed by atoms with Crippen LogP contribution in [0.25, 0.3) is 0 Å². The van der Waals surface area contributed by atoms with Crippen LogP contribution < -0.4 is 11.1 Å². The Morgan fingerprint density at radius 3 is 2.57 bits per heavy atom. The Morgan fingerprint density at radius 2 is 2.00 bits per heavy atom. The van der Waals surface area contributed by atoms with Gasteiger partial charge >= 0.3 is 6.09 Å². The first-order valence-electron chi connectivity index (χ1n) is 7.29. The predicted octanol–water partition coefficient (Wildman–Crippen LogP) is 2.13. The summed E-state index contributed by atoms with van der Waals surface area (Å²) in [6.45, 7) is 4.03. The molecule has 0 spiro atoms. The topological polar surface area (TPSA) is 110 Å². The molecule has 1 aromatic heterocycles. The quantitative estimate of drug-likeness (QED) is 0.758. The molecular weight excluding hydrogens is 296 g/mol. The molecular formula is C16H20N4O3. The molecule has 0 saturated heterocycles. The van der Waals surface area contributed by atoms with Crippen molar-refractivity contribution >= 4 is 12.0 Å². The van der Waals surface area contributed by atoms with E-state index in [1.807, 2.05) is 44.2 Å². The summed E-state index contributed by atoms with van der Waals surface area (Å²) in [6.07, 6.45) is 0.800. The number of aromatic amines is 1. The van der Waals surface area contributed by atoms with Crippen molar-refractivity contribution in [3.63, 3.8) is 0 Å². The molecule has 0 aliphatic rings. The highest BCUT2D eigenvalue weighted by Gasteiger charge is 2.22. The number of benzene rings is 1. The number of nitrogens with two attached hydrogens (primary N) is 1. The smallest absolute Gasteiger partial charge is 0.408 e. The molecule has 0 fully saturated rings. The molecule has 0 bridgehead atoms. The van der Waals surface area contributed by atoms with Crippen molar-refractivity contribution in [2.45, 2.75) is 26.5 Å². The second-order valence-electron chi connectivity index (χ2n) is 5.47. The van der Waals surface area contributed by atoms with Crippen molar-refractivity contribution in [3.05, 3.63) is 53.6 Å². The number of primary amides is 1. The number of carbonyl (C=O) groups is 2. The number of aromatic nitrogens is 2. The van der Waals surface area contributed by atoms with E-state index in [4.69, 9.17) is 10.5 Å². The van der Waals surface area contributed by atoms with Crippen LogP contribution in [-0.4, -0.2) is 22.0 Å². The van der Waals surface area contributed by atoms with Gasteiger partial charge in [-0.25, -0.2) is 9.78 Å². The van der Waals surface area contributed by atoms with Gasteiger partial charge in [0.15, 0.2) is 0 Å². The third-order valence-electron chi connectivity index (χ3n) is 3.31. The molecule has 7 nitrogen and oxygen atoms in total. The van der Waals surface area contributed by atoms with Crippen molar-refractivity contribution in [3.8, 4) is 0 Å². The lowest BCUT2D eigenvalue weighted by Crippen LogP contribution is -2.33. The molecule has 122 valence electrons. The van der Waals surface area contributed by atoms with E-state index in [9.17, 15) is 9.59 Å². The highest BCUT2D eigenvalue weighted by Crippen LogP contribution is 2.19. The lowest BCUT2D eigenvalue weighted by molar-refractivity contribution is 0.0996. The van der Waals surface area contributed by atoms with Crippen LogP contribution in [0.1, 0.15) is 41.8 Å². The first kappa shape index (κ1) is 16.5. The van der Waals surface area contributed by atoms with Crippen LogP contribution >= 0.6 is 0 Å². The third-order valence-corrected chi connectivity index (χ3v) is 3.31. The molecule has 2 amide bonds. The molecule has 2 rings (SSSR count). The summed E-state index contributed by atoms with van der Waals surface area (Å²) in [7, 11) is 0. The number of ether oxygens (including phenoxy) is 1. The monoisotopic (exact) mass is 316 g/mol. The summed E-state index contributed by atoms with van der Waals surface area (Å²) in [6, 6.07) is 8.98. The van der Waals surface area contributed by atoms with Crippen LogP contribution in [-0.2, 0) is 11.3 Å². The Balaban J connectivity index is 1.98. The molecule has 7 heteroatoms. The Kier molecular flexibility index (Phi) is 5.35. The fourth-order valence-corrected chi connectivity index (χ4v) is 2.06. The van der Waals surface area contributed by atoms with E-state index < -0.39 is 18.0 Å². The van der Waals surface area contributed by atoms with E-state index in [-0.39, 0.29) is 18.2 Å². The standard InChI is InChI=1S/C16H20N4O3/c1-10(2)13(15-18-8-12(19-15)14(17)21)20-16(22)23-9-11-6-4-3-5-7-11/h3-8,10,13H,9H2,1-2H3,(H2,17,21)(H,18,19)(H,20,22)/t13-/m0/s1. The molecule has 0 unspecified atom stereocenters. The number of carbonyl (C=O) groups excluding carboxylic acids is 2. The minimum absolute atomic E-state index is 0.0474. The van der Waals surface area contributed by atoms with E-state index in [2.05, 4.69) is 15.3 Å². The lowest BCUT2D eigenvalue weighted by atomic mass is 10.0. The number of imidazole rings is 1. The van der Waals surface area contributed by atoms with E-state index in [1.54, 1.807) is 0 Å². The maximum absolute atomic E-state index is 12.0. The van der Waals surface area contributed by atoms with Gasteiger partial charge < -0.3 is 20.8 Å². The largest absolute Gasteiger partial charge is 0.445 e. The predicted molar refractivity (Wildman–Crippen MR) is 84.4 cm³/mol. The second-order valence-corrected chi connectivity index (χ2v) is 5.47. The number of H-pyrrole nitrogens is 1. The van der Waals surface area contributed by atoms with E-state index in [1.165, 1.54) is 6.20 Å². The molecule has 23 heavy (non-hydrogen) atoms. The molecule has 1 aromatic carbocycles. The molecule has 0 saturated carbocycles. The summed E-state index contributed by atoms with van der Waals surface area (Å²) in [5.41, 5.74) is 6.29. The van der Waals surface area contributed by atoms with Gasteiger partial charge in [0.05, 0.1) is 12.2 Å². The van der Waals surface area contributed by atoms with Gasteiger partial charge in [-0.3, -0.25) is 4.79 Å². The van der Waals surface area contributed by atoms with Crippen molar-refractivity contribution in [1.82, 2.24) is 15.3 Å². The third kappa shape index (κ3) is 4.57. The fraction of sp³-hybridized carbons (Fsp3) is 0.312. The SMILES string of the molecule is CC(C)[C@H](NC(=O)OCc1ccccc1)c1ncc(C(N)=O)[nH]1. The molecule has 2 aromatic rings. The number of alkyl carbamates (subject to hydrolysis) is 1. The summed E-state index contributed by atoms with van der Waals surface area (Å²) >= 11 is 0. The molecule has 0 radical (unpaired) electrons. The van der Waals surface area contributed by atoms with Gasteiger partial charge in [0.1, 0.15) is 18.1 Å². The van der Waals surface area contributed by atoms with E-state index >= 15 is 0 Å². The Bertz CT molecular complexity index is 667. The number of nitrogens with one attached hydrogen (secondary N) is 2. The minimum Gasteiger partial charge on any atom is -0.445 e. The molecule has 0 aliphatic heterocycles. The van der Waals surface area contributed by atoms with Gasteiger partial charge in [0.2, 0.25) is 0 Å².